The summed E-state index contributed by atoms with van der Waals surface area (Å²) in [6.45, 7) is 1.65. The van der Waals surface area contributed by atoms with Crippen molar-refractivity contribution in [2.45, 2.75) is 13.0 Å². The molecule has 5 rings (SSSR count). The smallest absolute Gasteiger partial charge is 0.355 e. The molecule has 37 heavy (non-hydrogen) atoms. The summed E-state index contributed by atoms with van der Waals surface area (Å²) in [6, 6.07) is 27.9. The van der Waals surface area contributed by atoms with Gasteiger partial charge in [-0.15, -0.1) is 11.3 Å². The Hall–Kier alpha value is -4.20. The first-order valence-corrected chi connectivity index (χ1v) is 12.7. The van der Waals surface area contributed by atoms with Crippen LogP contribution in [0.1, 0.15) is 22.2 Å². The van der Waals surface area contributed by atoms with E-state index in [0.29, 0.717) is 27.0 Å². The zero-order valence-electron chi connectivity index (χ0n) is 19.7. The summed E-state index contributed by atoms with van der Waals surface area (Å²) in [6.07, 6.45) is 0.628. The van der Waals surface area contributed by atoms with Gasteiger partial charge in [-0.05, 0) is 36.6 Å². The van der Waals surface area contributed by atoms with Gasteiger partial charge in [0.15, 0.2) is 6.10 Å². The Morgan fingerprint density at radius 1 is 0.892 bits per heavy atom. The lowest BCUT2D eigenvalue weighted by Crippen LogP contribution is -2.33. The van der Waals surface area contributed by atoms with Gasteiger partial charge < -0.3 is 9.47 Å². The van der Waals surface area contributed by atoms with E-state index >= 15 is 0 Å². The van der Waals surface area contributed by atoms with E-state index in [1.165, 1.54) is 17.6 Å². The summed E-state index contributed by atoms with van der Waals surface area (Å²) < 4.78 is 12.4. The molecule has 1 heterocycles. The third-order valence-corrected chi connectivity index (χ3v) is 7.30. The van der Waals surface area contributed by atoms with E-state index < -0.39 is 18.0 Å². The molecular weight excluding hydrogens is 508 g/mol. The summed E-state index contributed by atoms with van der Waals surface area (Å²) in [5.41, 5.74) is 2.99. The van der Waals surface area contributed by atoms with Crippen molar-refractivity contribution in [2.24, 2.45) is 5.10 Å². The molecule has 0 saturated heterocycles. The number of thiophene rings is 1. The normalized spacial score (nSPS) is 12.1. The van der Waals surface area contributed by atoms with E-state index in [2.05, 4.69) is 10.5 Å². The number of halogens is 1. The predicted molar refractivity (Wildman–Crippen MR) is 148 cm³/mol. The number of carbonyl (C=O) groups is 2. The van der Waals surface area contributed by atoms with E-state index in [4.69, 9.17) is 21.1 Å². The third kappa shape index (κ3) is 5.33. The topological polar surface area (TPSA) is 77.0 Å². The number of nitrogens with zero attached hydrogens (tertiary/aromatic N) is 1. The molecule has 0 aliphatic heterocycles. The first kappa shape index (κ1) is 24.5. The molecule has 0 bridgehead atoms. The Bertz CT molecular complexity index is 1640. The quantitative estimate of drug-likeness (QED) is 0.108. The monoisotopic (exact) mass is 528 g/mol. The Morgan fingerprint density at radius 3 is 2.41 bits per heavy atom. The number of rotatable bonds is 7. The number of fused-ring (bicyclic) bond motifs is 2. The number of amides is 1. The van der Waals surface area contributed by atoms with Crippen LogP contribution in [0.4, 0.5) is 0 Å². The average molecular weight is 529 g/mol. The van der Waals surface area contributed by atoms with Crippen LogP contribution in [0.25, 0.3) is 20.9 Å². The number of hydrogen-bond donors (Lipinski definition) is 1. The second-order valence-corrected chi connectivity index (χ2v) is 9.57. The lowest BCUT2D eigenvalue weighted by atomic mass is 10.1. The van der Waals surface area contributed by atoms with Gasteiger partial charge in [0.05, 0.1) is 11.2 Å². The molecule has 6 nitrogen and oxygen atoms in total. The first-order chi connectivity index (χ1) is 18.0. The number of hydrogen-bond acceptors (Lipinski definition) is 6. The molecular formula is C29H21ClN2O4S. The molecule has 1 aromatic heterocycles. The predicted octanol–water partition coefficient (Wildman–Crippen LogP) is 6.84. The summed E-state index contributed by atoms with van der Waals surface area (Å²) in [7, 11) is 0. The van der Waals surface area contributed by atoms with Gasteiger partial charge in [-0.2, -0.15) is 5.10 Å². The molecule has 184 valence electrons. The fourth-order valence-electron chi connectivity index (χ4n) is 3.77. The fourth-order valence-corrected chi connectivity index (χ4v) is 5.16. The maximum Gasteiger partial charge on any atom is 0.355 e. The summed E-state index contributed by atoms with van der Waals surface area (Å²) in [5, 5.41) is 7.15. The van der Waals surface area contributed by atoms with Crippen molar-refractivity contribution in [3.8, 4) is 11.5 Å². The highest BCUT2D eigenvalue weighted by Crippen LogP contribution is 2.36. The van der Waals surface area contributed by atoms with Gasteiger partial charge in [0.1, 0.15) is 16.4 Å². The van der Waals surface area contributed by atoms with Gasteiger partial charge in [-0.1, -0.05) is 78.3 Å². The highest BCUT2D eigenvalue weighted by atomic mass is 35.5. The first-order valence-electron chi connectivity index (χ1n) is 11.5. The number of hydrazone groups is 1. The molecule has 0 saturated carbocycles. The van der Waals surface area contributed by atoms with Crippen LogP contribution in [0, 0.1) is 0 Å². The highest BCUT2D eigenvalue weighted by molar-refractivity contribution is 7.21. The summed E-state index contributed by atoms with van der Waals surface area (Å²) in [4.78, 5) is 25.8. The van der Waals surface area contributed by atoms with E-state index in [9.17, 15) is 9.59 Å². The largest absolute Gasteiger partial charge is 0.480 e. The maximum atomic E-state index is 12.9. The molecule has 0 spiro atoms. The van der Waals surface area contributed by atoms with E-state index in [-0.39, 0.29) is 0 Å². The number of nitrogens with one attached hydrogen (secondary N) is 1. The Kier molecular flexibility index (Phi) is 7.16. The molecule has 8 heteroatoms. The third-order valence-electron chi connectivity index (χ3n) is 5.64. The molecule has 0 aliphatic carbocycles. The van der Waals surface area contributed by atoms with Gasteiger partial charge in [-0.25, -0.2) is 10.2 Å². The van der Waals surface area contributed by atoms with E-state index in [1.807, 2.05) is 66.7 Å². The van der Waals surface area contributed by atoms with Crippen molar-refractivity contribution >= 4 is 61.9 Å². The Labute approximate surface area is 222 Å². The van der Waals surface area contributed by atoms with Crippen LogP contribution in [0.5, 0.6) is 11.5 Å². The minimum atomic E-state index is -0.786. The van der Waals surface area contributed by atoms with Crippen molar-refractivity contribution in [2.75, 3.05) is 0 Å². The standard InChI is InChI=1S/C29H21ClN2O4S/c1-18(35-24-15-8-11-19-9-2-4-12-21(19)24)28(33)32-31-17-20-10-3-6-14-23(20)36-29(34)27-26(30)22-13-5-7-16-25(22)37-27/h2-18H,1H3,(H,32,33)/b31-17+. The molecule has 1 atom stereocenters. The van der Waals surface area contributed by atoms with Crippen LogP contribution >= 0.6 is 22.9 Å². The lowest BCUT2D eigenvalue weighted by Gasteiger charge is -2.14. The Morgan fingerprint density at radius 2 is 1.57 bits per heavy atom. The van der Waals surface area contributed by atoms with Crippen molar-refractivity contribution in [3.63, 3.8) is 0 Å². The van der Waals surface area contributed by atoms with Crippen LogP contribution in [0.15, 0.2) is 96.1 Å². The number of carbonyl (C=O) groups excluding carboxylic acids is 2. The number of ether oxygens (including phenoxy) is 2. The van der Waals surface area contributed by atoms with E-state index in [0.717, 1.165) is 20.9 Å². The minimum absolute atomic E-state index is 0.291. The van der Waals surface area contributed by atoms with Crippen molar-refractivity contribution < 1.29 is 19.1 Å². The van der Waals surface area contributed by atoms with Crippen LogP contribution in [-0.2, 0) is 4.79 Å². The molecule has 5 aromatic rings. The Balaban J connectivity index is 1.25. The summed E-state index contributed by atoms with van der Waals surface area (Å²) in [5.74, 6) is -0.0788. The van der Waals surface area contributed by atoms with Crippen LogP contribution in [0.2, 0.25) is 5.02 Å². The minimum Gasteiger partial charge on any atom is -0.480 e. The van der Waals surface area contributed by atoms with Crippen molar-refractivity contribution in [3.05, 3.63) is 106 Å². The van der Waals surface area contributed by atoms with E-state index in [1.54, 1.807) is 31.2 Å². The van der Waals surface area contributed by atoms with Crippen LogP contribution < -0.4 is 14.9 Å². The SMILES string of the molecule is CC(Oc1cccc2ccccc12)C(=O)N/N=C/c1ccccc1OC(=O)c1sc2ccccc2c1Cl. The zero-order chi connectivity index (χ0) is 25.8. The van der Waals surface area contributed by atoms with Crippen molar-refractivity contribution in [1.82, 2.24) is 5.43 Å². The zero-order valence-corrected chi connectivity index (χ0v) is 21.3. The van der Waals surface area contributed by atoms with Crippen LogP contribution in [-0.4, -0.2) is 24.2 Å². The second kappa shape index (κ2) is 10.8. The lowest BCUT2D eigenvalue weighted by molar-refractivity contribution is -0.127. The number of esters is 1. The molecule has 1 unspecified atom stereocenters. The number of benzene rings is 4. The molecule has 0 fully saturated rings. The van der Waals surface area contributed by atoms with Gasteiger partial charge >= 0.3 is 5.97 Å². The molecule has 1 N–H and O–H groups in total. The average Bonchev–Trinajstić information content (AvgIpc) is 3.26. The van der Waals surface area contributed by atoms with Gasteiger partial charge in [-0.3, -0.25) is 4.79 Å². The van der Waals surface area contributed by atoms with Crippen LogP contribution in [0.3, 0.4) is 0 Å². The molecule has 0 aliphatic rings. The van der Waals surface area contributed by atoms with Gasteiger partial charge in [0, 0.05) is 21.0 Å². The maximum absolute atomic E-state index is 12.9. The number of para-hydroxylation sites is 1. The molecule has 0 radical (unpaired) electrons. The summed E-state index contributed by atoms with van der Waals surface area (Å²) >= 11 is 7.69. The van der Waals surface area contributed by atoms with Gasteiger partial charge in [0.25, 0.3) is 5.91 Å². The molecule has 4 aromatic carbocycles. The second-order valence-electron chi connectivity index (χ2n) is 8.14. The molecule has 1 amide bonds. The highest BCUT2D eigenvalue weighted by Gasteiger charge is 2.20. The fraction of sp³-hybridized carbons (Fsp3) is 0.0690. The van der Waals surface area contributed by atoms with Crippen molar-refractivity contribution in [1.29, 1.82) is 0 Å². The van der Waals surface area contributed by atoms with Gasteiger partial charge in [0.2, 0.25) is 0 Å².